The Hall–Kier alpha value is -1.56. The van der Waals surface area contributed by atoms with Gasteiger partial charge in [-0.2, -0.15) is 0 Å². The molecule has 1 saturated heterocycles. The van der Waals surface area contributed by atoms with Crippen LogP contribution in [0.2, 0.25) is 0 Å². The van der Waals surface area contributed by atoms with E-state index in [4.69, 9.17) is 10.5 Å². The SMILES string of the molecule is Nc1c(NCC2CCCO2)ncnc1NC1CCCCCC1. The molecule has 0 bridgehead atoms. The fourth-order valence-corrected chi connectivity index (χ4v) is 3.28. The minimum atomic E-state index is 0.271. The lowest BCUT2D eigenvalue weighted by molar-refractivity contribution is 0.120. The third kappa shape index (κ3) is 4.00. The van der Waals surface area contributed by atoms with Crippen LogP contribution in [0.15, 0.2) is 6.33 Å². The molecule has 4 N–H and O–H groups in total. The van der Waals surface area contributed by atoms with Gasteiger partial charge < -0.3 is 21.1 Å². The average molecular weight is 305 g/mol. The molecular formula is C16H27N5O. The molecule has 22 heavy (non-hydrogen) atoms. The van der Waals surface area contributed by atoms with Gasteiger partial charge in [-0.1, -0.05) is 25.7 Å². The predicted octanol–water partition coefficient (Wildman–Crippen LogP) is 2.78. The van der Waals surface area contributed by atoms with Gasteiger partial charge in [0.2, 0.25) is 0 Å². The lowest BCUT2D eigenvalue weighted by Crippen LogP contribution is -2.22. The molecule has 1 aliphatic heterocycles. The van der Waals surface area contributed by atoms with Crippen molar-refractivity contribution in [1.82, 2.24) is 9.97 Å². The van der Waals surface area contributed by atoms with Crippen molar-refractivity contribution in [3.8, 4) is 0 Å². The molecule has 3 rings (SSSR count). The lowest BCUT2D eigenvalue weighted by Gasteiger charge is -2.19. The van der Waals surface area contributed by atoms with Gasteiger partial charge in [0.25, 0.3) is 0 Å². The zero-order chi connectivity index (χ0) is 15.2. The molecule has 2 heterocycles. The van der Waals surface area contributed by atoms with E-state index < -0.39 is 0 Å². The van der Waals surface area contributed by atoms with E-state index in [1.54, 1.807) is 6.33 Å². The highest BCUT2D eigenvalue weighted by molar-refractivity contribution is 5.74. The van der Waals surface area contributed by atoms with Crippen LogP contribution in [0.1, 0.15) is 51.4 Å². The summed E-state index contributed by atoms with van der Waals surface area (Å²) in [5, 5.41) is 6.81. The quantitative estimate of drug-likeness (QED) is 0.725. The molecule has 0 radical (unpaired) electrons. The summed E-state index contributed by atoms with van der Waals surface area (Å²) in [7, 11) is 0. The van der Waals surface area contributed by atoms with Crippen molar-refractivity contribution in [2.75, 3.05) is 29.5 Å². The van der Waals surface area contributed by atoms with Crippen molar-refractivity contribution in [2.45, 2.75) is 63.5 Å². The van der Waals surface area contributed by atoms with E-state index in [1.807, 2.05) is 0 Å². The molecule has 6 nitrogen and oxygen atoms in total. The molecule has 6 heteroatoms. The Kier molecular flexibility index (Phi) is 5.32. The van der Waals surface area contributed by atoms with Crippen LogP contribution >= 0.6 is 0 Å². The number of ether oxygens (including phenoxy) is 1. The Morgan fingerprint density at radius 2 is 1.82 bits per heavy atom. The second-order valence-corrected chi connectivity index (χ2v) is 6.33. The smallest absolute Gasteiger partial charge is 0.155 e. The summed E-state index contributed by atoms with van der Waals surface area (Å²) in [5.41, 5.74) is 6.85. The number of anilines is 3. The number of rotatable bonds is 5. The van der Waals surface area contributed by atoms with Crippen molar-refractivity contribution < 1.29 is 4.74 Å². The Morgan fingerprint density at radius 1 is 1.05 bits per heavy atom. The van der Waals surface area contributed by atoms with Crippen molar-refractivity contribution in [2.24, 2.45) is 0 Å². The summed E-state index contributed by atoms with van der Waals surface area (Å²) in [6, 6.07) is 0.478. The molecule has 0 amide bonds. The van der Waals surface area contributed by atoms with E-state index in [0.717, 1.165) is 31.8 Å². The first-order valence-electron chi connectivity index (χ1n) is 8.55. The zero-order valence-corrected chi connectivity index (χ0v) is 13.2. The summed E-state index contributed by atoms with van der Waals surface area (Å²) in [4.78, 5) is 8.59. The molecule has 1 unspecified atom stereocenters. The fourth-order valence-electron chi connectivity index (χ4n) is 3.28. The lowest BCUT2D eigenvalue weighted by atomic mass is 10.1. The number of aromatic nitrogens is 2. The van der Waals surface area contributed by atoms with E-state index in [1.165, 1.54) is 38.5 Å². The minimum absolute atomic E-state index is 0.271. The van der Waals surface area contributed by atoms with Crippen LogP contribution in [0.4, 0.5) is 17.3 Å². The number of nitrogen functional groups attached to an aromatic ring is 1. The van der Waals surface area contributed by atoms with Crippen molar-refractivity contribution in [3.63, 3.8) is 0 Å². The standard InChI is InChI=1S/C16H27N5O/c17-14-15(18-10-13-8-5-9-22-13)19-11-20-16(14)21-12-6-3-1-2-4-7-12/h11-13H,1-10,17H2,(H2,18,19,20,21). The van der Waals surface area contributed by atoms with Crippen LogP contribution in [-0.4, -0.2) is 35.3 Å². The van der Waals surface area contributed by atoms with Crippen molar-refractivity contribution in [1.29, 1.82) is 0 Å². The molecule has 1 aromatic rings. The average Bonchev–Trinajstić information content (AvgIpc) is 2.92. The van der Waals surface area contributed by atoms with Crippen molar-refractivity contribution >= 4 is 17.3 Å². The molecule has 1 aromatic heterocycles. The van der Waals surface area contributed by atoms with E-state index >= 15 is 0 Å². The maximum atomic E-state index is 6.23. The van der Waals surface area contributed by atoms with Crippen LogP contribution < -0.4 is 16.4 Å². The van der Waals surface area contributed by atoms with Gasteiger partial charge in [-0.3, -0.25) is 0 Å². The van der Waals surface area contributed by atoms with Gasteiger partial charge in [0.1, 0.15) is 12.0 Å². The molecule has 1 aliphatic carbocycles. The first-order chi connectivity index (χ1) is 10.8. The number of nitrogens with two attached hydrogens (primary N) is 1. The van der Waals surface area contributed by atoms with Gasteiger partial charge >= 0.3 is 0 Å². The maximum absolute atomic E-state index is 6.23. The van der Waals surface area contributed by atoms with E-state index in [2.05, 4.69) is 20.6 Å². The number of nitrogens with one attached hydrogen (secondary N) is 2. The highest BCUT2D eigenvalue weighted by atomic mass is 16.5. The summed E-state index contributed by atoms with van der Waals surface area (Å²) in [6.07, 6.45) is 11.7. The van der Waals surface area contributed by atoms with Gasteiger partial charge in [0.05, 0.1) is 6.10 Å². The third-order valence-electron chi connectivity index (χ3n) is 4.60. The Labute approximate surface area is 132 Å². The highest BCUT2D eigenvalue weighted by Crippen LogP contribution is 2.26. The van der Waals surface area contributed by atoms with E-state index in [0.29, 0.717) is 17.5 Å². The Bertz CT molecular complexity index is 468. The molecular weight excluding hydrogens is 278 g/mol. The van der Waals surface area contributed by atoms with E-state index in [-0.39, 0.29) is 6.10 Å². The molecule has 122 valence electrons. The fraction of sp³-hybridized carbons (Fsp3) is 0.750. The maximum Gasteiger partial charge on any atom is 0.155 e. The molecule has 1 atom stereocenters. The monoisotopic (exact) mass is 305 g/mol. The normalized spacial score (nSPS) is 23.2. The van der Waals surface area contributed by atoms with Crippen LogP contribution in [-0.2, 0) is 4.74 Å². The van der Waals surface area contributed by atoms with Crippen LogP contribution in [0, 0.1) is 0 Å². The van der Waals surface area contributed by atoms with Crippen molar-refractivity contribution in [3.05, 3.63) is 6.33 Å². The molecule has 2 fully saturated rings. The first kappa shape index (κ1) is 15.3. The number of nitrogens with zero attached hydrogens (tertiary/aromatic N) is 2. The second kappa shape index (κ2) is 7.63. The summed E-state index contributed by atoms with van der Waals surface area (Å²) in [5.74, 6) is 1.47. The highest BCUT2D eigenvalue weighted by Gasteiger charge is 2.18. The largest absolute Gasteiger partial charge is 0.393 e. The number of hydrogen-bond acceptors (Lipinski definition) is 6. The van der Waals surface area contributed by atoms with E-state index in [9.17, 15) is 0 Å². The van der Waals surface area contributed by atoms with Gasteiger partial charge in [0.15, 0.2) is 11.6 Å². The van der Waals surface area contributed by atoms with Gasteiger partial charge in [-0.15, -0.1) is 0 Å². The zero-order valence-electron chi connectivity index (χ0n) is 13.2. The van der Waals surface area contributed by atoms with Crippen LogP contribution in [0.5, 0.6) is 0 Å². The third-order valence-corrected chi connectivity index (χ3v) is 4.60. The summed E-state index contributed by atoms with van der Waals surface area (Å²) < 4.78 is 5.62. The Balaban J connectivity index is 1.60. The summed E-state index contributed by atoms with van der Waals surface area (Å²) >= 11 is 0. The molecule has 1 saturated carbocycles. The minimum Gasteiger partial charge on any atom is -0.393 e. The Morgan fingerprint density at radius 3 is 2.55 bits per heavy atom. The second-order valence-electron chi connectivity index (χ2n) is 6.33. The predicted molar refractivity (Wildman–Crippen MR) is 89.0 cm³/mol. The number of hydrogen-bond donors (Lipinski definition) is 3. The molecule has 0 spiro atoms. The van der Waals surface area contributed by atoms with Gasteiger partial charge in [-0.05, 0) is 25.7 Å². The van der Waals surface area contributed by atoms with Gasteiger partial charge in [-0.25, -0.2) is 9.97 Å². The topological polar surface area (TPSA) is 85.1 Å². The molecule has 2 aliphatic rings. The first-order valence-corrected chi connectivity index (χ1v) is 8.55. The molecule has 0 aromatic carbocycles. The van der Waals surface area contributed by atoms with Crippen LogP contribution in [0.25, 0.3) is 0 Å². The van der Waals surface area contributed by atoms with Gasteiger partial charge in [0, 0.05) is 19.2 Å². The summed E-state index contributed by atoms with van der Waals surface area (Å²) in [6.45, 7) is 1.62. The van der Waals surface area contributed by atoms with Crippen LogP contribution in [0.3, 0.4) is 0 Å².